The van der Waals surface area contributed by atoms with Gasteiger partial charge in [0.1, 0.15) is 6.04 Å². The van der Waals surface area contributed by atoms with Crippen molar-refractivity contribution in [3.63, 3.8) is 0 Å². The van der Waals surface area contributed by atoms with Crippen molar-refractivity contribution in [2.24, 2.45) is 0 Å². The highest BCUT2D eigenvalue weighted by molar-refractivity contribution is 7.89. The van der Waals surface area contributed by atoms with E-state index in [4.69, 9.17) is 11.6 Å². The lowest BCUT2D eigenvalue weighted by molar-refractivity contribution is -0.119. The lowest BCUT2D eigenvalue weighted by Crippen LogP contribution is -2.43. The first-order valence-corrected chi connectivity index (χ1v) is 9.85. The van der Waals surface area contributed by atoms with Crippen LogP contribution in [0.25, 0.3) is 0 Å². The monoisotopic (exact) mass is 378 g/mol. The largest absolute Gasteiger partial charge is 0.325 e. The SMILES string of the molecule is Cc1ccc(NC(=O)[C@@H]2CCCN2S(=O)(=O)c2ccc(Cl)cc2)cc1. The number of carbonyl (C=O) groups excluding carboxylic acids is 1. The first kappa shape index (κ1) is 17.9. The van der Waals surface area contributed by atoms with Crippen LogP contribution >= 0.6 is 11.6 Å². The molecule has 1 amide bonds. The van der Waals surface area contributed by atoms with E-state index in [1.807, 2.05) is 19.1 Å². The standard InChI is InChI=1S/C18H19ClN2O3S/c1-13-4-8-15(9-5-13)20-18(22)17-3-2-12-21(17)25(23,24)16-10-6-14(19)7-11-16/h4-11,17H,2-3,12H2,1H3,(H,20,22)/t17-/m0/s1. The van der Waals surface area contributed by atoms with Crippen LogP contribution in [0, 0.1) is 6.92 Å². The maximum atomic E-state index is 12.9. The van der Waals surface area contributed by atoms with Crippen LogP contribution < -0.4 is 5.32 Å². The van der Waals surface area contributed by atoms with Crippen molar-refractivity contribution < 1.29 is 13.2 Å². The highest BCUT2D eigenvalue weighted by Crippen LogP contribution is 2.27. The minimum Gasteiger partial charge on any atom is -0.325 e. The average Bonchev–Trinajstić information content (AvgIpc) is 3.08. The average molecular weight is 379 g/mol. The Morgan fingerprint density at radius 2 is 1.76 bits per heavy atom. The molecule has 0 spiro atoms. The van der Waals surface area contributed by atoms with Crippen molar-refractivity contribution >= 4 is 33.2 Å². The Labute approximate surface area is 152 Å². The van der Waals surface area contributed by atoms with E-state index in [-0.39, 0.29) is 10.8 Å². The second-order valence-corrected chi connectivity index (χ2v) is 8.41. The Balaban J connectivity index is 1.80. The van der Waals surface area contributed by atoms with Crippen LogP contribution in [0.15, 0.2) is 53.4 Å². The number of hydrogen-bond donors (Lipinski definition) is 1. The van der Waals surface area contributed by atoms with Crippen LogP contribution in [0.3, 0.4) is 0 Å². The number of nitrogens with one attached hydrogen (secondary N) is 1. The number of aryl methyl sites for hydroxylation is 1. The number of benzene rings is 2. The maximum Gasteiger partial charge on any atom is 0.243 e. The zero-order valence-corrected chi connectivity index (χ0v) is 15.3. The Kier molecular flexibility index (Phi) is 5.13. The second-order valence-electron chi connectivity index (χ2n) is 6.08. The number of hydrogen-bond acceptors (Lipinski definition) is 3. The van der Waals surface area contributed by atoms with E-state index in [0.29, 0.717) is 30.1 Å². The Morgan fingerprint density at radius 3 is 2.40 bits per heavy atom. The molecule has 132 valence electrons. The maximum absolute atomic E-state index is 12.9. The summed E-state index contributed by atoms with van der Waals surface area (Å²) in [6, 6.07) is 12.7. The second kappa shape index (κ2) is 7.15. The molecule has 1 aliphatic heterocycles. The smallest absolute Gasteiger partial charge is 0.243 e. The summed E-state index contributed by atoms with van der Waals surface area (Å²) < 4.78 is 27.0. The van der Waals surface area contributed by atoms with Gasteiger partial charge in [0.2, 0.25) is 15.9 Å². The van der Waals surface area contributed by atoms with Gasteiger partial charge in [0.05, 0.1) is 4.90 Å². The molecular formula is C18H19ClN2O3S. The summed E-state index contributed by atoms with van der Waals surface area (Å²) >= 11 is 5.83. The summed E-state index contributed by atoms with van der Waals surface area (Å²) in [4.78, 5) is 12.7. The molecule has 0 bridgehead atoms. The minimum atomic E-state index is -3.73. The molecule has 1 N–H and O–H groups in total. The van der Waals surface area contributed by atoms with Gasteiger partial charge in [-0.1, -0.05) is 29.3 Å². The molecule has 1 aliphatic rings. The van der Waals surface area contributed by atoms with Gasteiger partial charge >= 0.3 is 0 Å². The molecule has 2 aromatic carbocycles. The first-order valence-electron chi connectivity index (χ1n) is 8.03. The highest BCUT2D eigenvalue weighted by Gasteiger charge is 2.39. The molecule has 0 saturated carbocycles. The Hall–Kier alpha value is -1.89. The van der Waals surface area contributed by atoms with E-state index < -0.39 is 16.1 Å². The van der Waals surface area contributed by atoms with Gasteiger partial charge in [0, 0.05) is 17.3 Å². The normalized spacial score (nSPS) is 18.2. The highest BCUT2D eigenvalue weighted by atomic mass is 35.5. The van der Waals surface area contributed by atoms with Crippen molar-refractivity contribution in [3.05, 3.63) is 59.1 Å². The summed E-state index contributed by atoms with van der Waals surface area (Å²) in [6.07, 6.45) is 1.16. The van der Waals surface area contributed by atoms with E-state index in [2.05, 4.69) is 5.32 Å². The van der Waals surface area contributed by atoms with Crippen molar-refractivity contribution in [3.8, 4) is 0 Å². The zero-order valence-electron chi connectivity index (χ0n) is 13.8. The molecule has 5 nitrogen and oxygen atoms in total. The molecule has 1 fully saturated rings. The van der Waals surface area contributed by atoms with Crippen LogP contribution in [0.2, 0.25) is 5.02 Å². The molecule has 3 rings (SSSR count). The third-order valence-corrected chi connectivity index (χ3v) is 6.42. The third kappa shape index (κ3) is 3.86. The topological polar surface area (TPSA) is 66.5 Å². The predicted octanol–water partition coefficient (Wildman–Crippen LogP) is 3.44. The van der Waals surface area contributed by atoms with Crippen LogP contribution in [-0.2, 0) is 14.8 Å². The number of sulfonamides is 1. The molecule has 1 atom stereocenters. The van der Waals surface area contributed by atoms with Crippen LogP contribution in [0.4, 0.5) is 5.69 Å². The van der Waals surface area contributed by atoms with Gasteiger partial charge in [-0.2, -0.15) is 4.31 Å². The summed E-state index contributed by atoms with van der Waals surface area (Å²) in [5.41, 5.74) is 1.75. The molecule has 2 aromatic rings. The van der Waals surface area contributed by atoms with Gasteiger partial charge in [-0.15, -0.1) is 0 Å². The van der Waals surface area contributed by atoms with Gasteiger partial charge in [0.25, 0.3) is 0 Å². The summed E-state index contributed by atoms with van der Waals surface area (Å²) in [5, 5.41) is 3.27. The lowest BCUT2D eigenvalue weighted by atomic mass is 10.2. The Morgan fingerprint density at radius 1 is 1.12 bits per heavy atom. The molecule has 1 heterocycles. The number of halogens is 1. The fourth-order valence-electron chi connectivity index (χ4n) is 2.89. The molecule has 0 aliphatic carbocycles. The number of nitrogens with zero attached hydrogens (tertiary/aromatic N) is 1. The van der Waals surface area contributed by atoms with E-state index in [1.165, 1.54) is 28.6 Å². The van der Waals surface area contributed by atoms with Crippen molar-refractivity contribution in [2.75, 3.05) is 11.9 Å². The minimum absolute atomic E-state index is 0.145. The molecule has 1 saturated heterocycles. The van der Waals surface area contributed by atoms with Gasteiger partial charge in [-0.05, 0) is 56.2 Å². The summed E-state index contributed by atoms with van der Waals surface area (Å²) in [7, 11) is -3.73. The molecular weight excluding hydrogens is 360 g/mol. The third-order valence-electron chi connectivity index (χ3n) is 4.25. The number of rotatable bonds is 4. The number of anilines is 1. The quantitative estimate of drug-likeness (QED) is 0.886. The molecule has 0 radical (unpaired) electrons. The van der Waals surface area contributed by atoms with E-state index in [1.54, 1.807) is 12.1 Å². The summed E-state index contributed by atoms with van der Waals surface area (Å²) in [6.45, 7) is 2.29. The van der Waals surface area contributed by atoms with Gasteiger partial charge < -0.3 is 5.32 Å². The van der Waals surface area contributed by atoms with Crippen LogP contribution in [0.1, 0.15) is 18.4 Å². The summed E-state index contributed by atoms with van der Waals surface area (Å²) in [5.74, 6) is -0.307. The molecule has 0 aromatic heterocycles. The lowest BCUT2D eigenvalue weighted by Gasteiger charge is -2.23. The van der Waals surface area contributed by atoms with Crippen molar-refractivity contribution in [2.45, 2.75) is 30.7 Å². The fraction of sp³-hybridized carbons (Fsp3) is 0.278. The fourth-order valence-corrected chi connectivity index (χ4v) is 4.68. The van der Waals surface area contributed by atoms with Crippen molar-refractivity contribution in [1.82, 2.24) is 4.31 Å². The molecule has 7 heteroatoms. The van der Waals surface area contributed by atoms with E-state index in [9.17, 15) is 13.2 Å². The van der Waals surface area contributed by atoms with Gasteiger partial charge in [-0.25, -0.2) is 8.42 Å². The van der Waals surface area contributed by atoms with Crippen LogP contribution in [-0.4, -0.2) is 31.2 Å². The first-order chi connectivity index (χ1) is 11.9. The van der Waals surface area contributed by atoms with E-state index >= 15 is 0 Å². The van der Waals surface area contributed by atoms with Crippen LogP contribution in [0.5, 0.6) is 0 Å². The van der Waals surface area contributed by atoms with Crippen molar-refractivity contribution in [1.29, 1.82) is 0 Å². The molecule has 0 unspecified atom stereocenters. The predicted molar refractivity (Wildman–Crippen MR) is 98.2 cm³/mol. The molecule has 25 heavy (non-hydrogen) atoms. The Bertz CT molecular complexity index is 864. The number of amides is 1. The van der Waals surface area contributed by atoms with Gasteiger partial charge in [0.15, 0.2) is 0 Å². The van der Waals surface area contributed by atoms with Gasteiger partial charge in [-0.3, -0.25) is 4.79 Å². The zero-order chi connectivity index (χ0) is 18.0. The van der Waals surface area contributed by atoms with E-state index in [0.717, 1.165) is 5.56 Å². The number of carbonyl (C=O) groups is 1.